The van der Waals surface area contributed by atoms with Gasteiger partial charge in [-0.15, -0.1) is 6.58 Å². The molecule has 0 amide bonds. The van der Waals surface area contributed by atoms with Crippen molar-refractivity contribution in [2.24, 2.45) is 0 Å². The molecule has 5 nitrogen and oxygen atoms in total. The molecule has 0 bridgehead atoms. The third kappa shape index (κ3) is 2.25. The van der Waals surface area contributed by atoms with Crippen molar-refractivity contribution in [2.75, 3.05) is 5.75 Å². The second-order valence-corrected chi connectivity index (χ2v) is 5.58. The summed E-state index contributed by atoms with van der Waals surface area (Å²) in [7, 11) is -1.14. The number of benzene rings is 1. The molecule has 0 aliphatic rings. The van der Waals surface area contributed by atoms with Crippen LogP contribution >= 0.6 is 0 Å². The monoisotopic (exact) mass is 284 g/mol. The summed E-state index contributed by atoms with van der Waals surface area (Å²) in [5, 5.41) is 0. The highest BCUT2D eigenvalue weighted by atomic mass is 32.2. The van der Waals surface area contributed by atoms with Crippen LogP contribution in [0.2, 0.25) is 0 Å². The van der Waals surface area contributed by atoms with Crippen LogP contribution in [0.4, 0.5) is 0 Å². The second kappa shape index (κ2) is 5.34. The zero-order valence-corrected chi connectivity index (χ0v) is 11.4. The number of H-pyrrole nitrogens is 1. The minimum atomic E-state index is -1.14. The van der Waals surface area contributed by atoms with E-state index < -0.39 is 10.8 Å². The molecule has 0 radical (unpaired) electrons. The third-order valence-electron chi connectivity index (χ3n) is 2.79. The number of hydrogen-bond donors (Lipinski definition) is 1. The van der Waals surface area contributed by atoms with Gasteiger partial charge in [-0.2, -0.15) is 0 Å². The predicted molar refractivity (Wildman–Crippen MR) is 78.6 cm³/mol. The highest BCUT2D eigenvalue weighted by molar-refractivity contribution is 7.85. The van der Waals surface area contributed by atoms with E-state index in [9.17, 15) is 4.21 Å². The number of nitrogens with zero attached hydrogens (tertiary/aromatic N) is 3. The van der Waals surface area contributed by atoms with Crippen LogP contribution in [0.25, 0.3) is 22.7 Å². The summed E-state index contributed by atoms with van der Waals surface area (Å²) >= 11 is 0. The van der Waals surface area contributed by atoms with E-state index in [1.54, 1.807) is 18.5 Å². The van der Waals surface area contributed by atoms with Crippen molar-refractivity contribution in [3.63, 3.8) is 0 Å². The molecular weight excluding hydrogens is 272 g/mol. The van der Waals surface area contributed by atoms with Gasteiger partial charge in [0.15, 0.2) is 11.3 Å². The maximum absolute atomic E-state index is 12.2. The van der Waals surface area contributed by atoms with E-state index in [4.69, 9.17) is 0 Å². The highest BCUT2D eigenvalue weighted by Crippen LogP contribution is 2.25. The molecule has 20 heavy (non-hydrogen) atoms. The topological polar surface area (TPSA) is 71.5 Å². The van der Waals surface area contributed by atoms with Crippen molar-refractivity contribution in [3.05, 3.63) is 49.3 Å². The second-order valence-electron chi connectivity index (χ2n) is 4.11. The van der Waals surface area contributed by atoms with E-state index in [0.717, 1.165) is 10.5 Å². The Hall–Kier alpha value is -2.34. The minimum absolute atomic E-state index is 0.410. The fourth-order valence-corrected chi connectivity index (χ4v) is 2.97. The van der Waals surface area contributed by atoms with Gasteiger partial charge in [-0.05, 0) is 6.07 Å². The largest absolute Gasteiger partial charge is 0.321 e. The summed E-state index contributed by atoms with van der Waals surface area (Å²) < 4.78 is 12.2. The van der Waals surface area contributed by atoms with E-state index in [1.165, 1.54) is 0 Å². The zero-order chi connectivity index (χ0) is 13.9. The van der Waals surface area contributed by atoms with Gasteiger partial charge >= 0.3 is 0 Å². The Morgan fingerprint density at radius 1 is 1.25 bits per heavy atom. The quantitative estimate of drug-likeness (QED) is 0.746. The molecule has 0 aliphatic carbocycles. The van der Waals surface area contributed by atoms with Gasteiger partial charge < -0.3 is 4.98 Å². The third-order valence-corrected chi connectivity index (χ3v) is 4.18. The molecule has 1 unspecified atom stereocenters. The Kier molecular flexibility index (Phi) is 3.39. The first-order chi connectivity index (χ1) is 9.79. The van der Waals surface area contributed by atoms with Crippen molar-refractivity contribution < 1.29 is 4.21 Å². The summed E-state index contributed by atoms with van der Waals surface area (Å²) in [6.07, 6.45) is 4.84. The number of nitrogens with one attached hydrogen (secondary N) is 1. The molecule has 1 aromatic carbocycles. The summed E-state index contributed by atoms with van der Waals surface area (Å²) in [5.74, 6) is 1.03. The van der Waals surface area contributed by atoms with Gasteiger partial charge in [0.2, 0.25) is 0 Å². The van der Waals surface area contributed by atoms with Gasteiger partial charge in [0.1, 0.15) is 5.82 Å². The maximum Gasteiger partial charge on any atom is 0.197 e. The number of imidazole rings is 1. The first-order valence-corrected chi connectivity index (χ1v) is 7.37. The van der Waals surface area contributed by atoms with Gasteiger partial charge in [0.25, 0.3) is 0 Å². The maximum atomic E-state index is 12.2. The number of hydrogen-bond acceptors (Lipinski definition) is 4. The Labute approximate surface area is 118 Å². The Morgan fingerprint density at radius 3 is 2.85 bits per heavy atom. The van der Waals surface area contributed by atoms with Crippen LogP contribution in [0, 0.1) is 0 Å². The van der Waals surface area contributed by atoms with Crippen LogP contribution in [0.5, 0.6) is 0 Å². The fraction of sp³-hybridized carbons (Fsp3) is 0.0714. The van der Waals surface area contributed by atoms with E-state index in [1.807, 2.05) is 24.3 Å². The summed E-state index contributed by atoms with van der Waals surface area (Å²) in [6.45, 7) is 3.63. The van der Waals surface area contributed by atoms with Crippen LogP contribution in [-0.4, -0.2) is 29.9 Å². The van der Waals surface area contributed by atoms with E-state index in [2.05, 4.69) is 26.5 Å². The average molecular weight is 284 g/mol. The van der Waals surface area contributed by atoms with Crippen LogP contribution in [-0.2, 0) is 10.8 Å². The number of aromatic amines is 1. The van der Waals surface area contributed by atoms with Gasteiger partial charge in [-0.1, -0.05) is 24.3 Å². The lowest BCUT2D eigenvalue weighted by atomic mass is 10.2. The predicted octanol–water partition coefficient (Wildman–Crippen LogP) is 2.31. The smallest absolute Gasteiger partial charge is 0.197 e. The van der Waals surface area contributed by atoms with Crippen LogP contribution in [0.15, 0.2) is 54.2 Å². The molecule has 1 N–H and O–H groups in total. The standard InChI is InChI=1S/C14H12N4OS/c1-2-9-20(19)11-6-4-3-5-10(11)12-17-13-14(18-12)16-8-7-15-13/h2-8H,1,9H2,(H,15,16,17,18). The van der Waals surface area contributed by atoms with Crippen LogP contribution in [0.3, 0.4) is 0 Å². The van der Waals surface area contributed by atoms with Crippen molar-refractivity contribution in [1.29, 1.82) is 0 Å². The Balaban J connectivity index is 2.14. The van der Waals surface area contributed by atoms with E-state index in [-0.39, 0.29) is 0 Å². The molecule has 3 aromatic rings. The molecule has 0 fully saturated rings. The summed E-state index contributed by atoms with van der Waals surface area (Å²) in [5.41, 5.74) is 1.96. The molecule has 2 heterocycles. The Morgan fingerprint density at radius 2 is 2.05 bits per heavy atom. The van der Waals surface area contributed by atoms with E-state index in [0.29, 0.717) is 22.9 Å². The van der Waals surface area contributed by atoms with Gasteiger partial charge in [0.05, 0.1) is 15.7 Å². The van der Waals surface area contributed by atoms with E-state index >= 15 is 0 Å². The Bertz CT molecular complexity index is 763. The summed E-state index contributed by atoms with van der Waals surface area (Å²) in [4.78, 5) is 16.5. The normalized spacial score (nSPS) is 12.4. The molecule has 100 valence electrons. The van der Waals surface area contributed by atoms with Crippen molar-refractivity contribution in [3.8, 4) is 11.4 Å². The van der Waals surface area contributed by atoms with Gasteiger partial charge in [0, 0.05) is 23.7 Å². The molecule has 0 saturated carbocycles. The van der Waals surface area contributed by atoms with Crippen molar-refractivity contribution >= 4 is 22.1 Å². The molecule has 0 aliphatic heterocycles. The molecule has 2 aromatic heterocycles. The van der Waals surface area contributed by atoms with Gasteiger partial charge in [-0.25, -0.2) is 15.0 Å². The number of aromatic nitrogens is 4. The molecule has 3 rings (SSSR count). The molecular formula is C14H12N4OS. The average Bonchev–Trinajstić information content (AvgIpc) is 2.91. The number of fused-ring (bicyclic) bond motifs is 1. The van der Waals surface area contributed by atoms with Gasteiger partial charge in [-0.3, -0.25) is 4.21 Å². The first kappa shape index (κ1) is 12.7. The van der Waals surface area contributed by atoms with Crippen LogP contribution in [0.1, 0.15) is 0 Å². The molecule has 0 spiro atoms. The van der Waals surface area contributed by atoms with Crippen molar-refractivity contribution in [1.82, 2.24) is 19.9 Å². The molecule has 0 saturated heterocycles. The molecule has 6 heteroatoms. The first-order valence-electron chi connectivity index (χ1n) is 6.05. The zero-order valence-electron chi connectivity index (χ0n) is 10.6. The lowest BCUT2D eigenvalue weighted by molar-refractivity contribution is 0.685. The lowest BCUT2D eigenvalue weighted by Gasteiger charge is -2.05. The summed E-state index contributed by atoms with van der Waals surface area (Å²) in [6, 6.07) is 7.47. The molecule has 1 atom stereocenters. The highest BCUT2D eigenvalue weighted by Gasteiger charge is 2.13. The fourth-order valence-electron chi connectivity index (χ4n) is 1.93. The number of rotatable bonds is 4. The SMILES string of the molecule is C=CCS(=O)c1ccccc1-c1nc2nccnc2[nH]1. The van der Waals surface area contributed by atoms with Crippen LogP contribution < -0.4 is 0 Å². The minimum Gasteiger partial charge on any atom is -0.321 e. The van der Waals surface area contributed by atoms with Crippen molar-refractivity contribution in [2.45, 2.75) is 4.90 Å². The lowest BCUT2D eigenvalue weighted by Crippen LogP contribution is -1.98.